The number of urea groups is 2. The van der Waals surface area contributed by atoms with Gasteiger partial charge in [-0.05, 0) is 13.8 Å². The first-order chi connectivity index (χ1) is 9.35. The lowest BCUT2D eigenvalue weighted by Gasteiger charge is -2.31. The Balaban J connectivity index is 5.14. The van der Waals surface area contributed by atoms with Crippen molar-refractivity contribution >= 4 is 23.8 Å². The molecule has 0 fully saturated rings. The molecule has 0 aromatic rings. The molecule has 9 heteroatoms. The summed E-state index contributed by atoms with van der Waals surface area (Å²) in [4.78, 5) is 49.3. The molecule has 0 saturated carbocycles. The number of amides is 4. The normalized spacial score (nSPS) is 14.6. The number of aliphatic hydroxyl groups is 1. The van der Waals surface area contributed by atoms with E-state index < -0.39 is 35.5 Å². The lowest BCUT2D eigenvalue weighted by molar-refractivity contribution is -0.164. The highest BCUT2D eigenvalue weighted by Crippen LogP contribution is 2.13. The number of nitrogens with zero attached hydrogens (tertiary/aromatic N) is 3. The van der Waals surface area contributed by atoms with Crippen molar-refractivity contribution in [2.24, 2.45) is 0 Å². The van der Waals surface area contributed by atoms with Crippen molar-refractivity contribution in [3.05, 3.63) is 0 Å². The fraction of sp³-hybridized carbons (Fsp3) is 0.667. The standard InChI is InChI=1S/C12H21N3O6/c1-7(8(16)12(2,21)9(17)18)14(5)11(20)15(6)10(19)13(3)4/h7,21H,1-6H3,(H,17,18)/t7-,12?/m0/s1. The fourth-order valence-corrected chi connectivity index (χ4v) is 1.47. The Labute approximate surface area is 122 Å². The van der Waals surface area contributed by atoms with E-state index in [-0.39, 0.29) is 0 Å². The van der Waals surface area contributed by atoms with Gasteiger partial charge in [-0.2, -0.15) is 0 Å². The van der Waals surface area contributed by atoms with Gasteiger partial charge in [0.1, 0.15) is 0 Å². The SMILES string of the molecule is C[C@@H](C(=O)C(C)(O)C(=O)O)N(C)C(=O)N(C)C(=O)N(C)C. The molecule has 21 heavy (non-hydrogen) atoms. The maximum Gasteiger partial charge on any atom is 0.343 e. The van der Waals surface area contributed by atoms with Crippen LogP contribution in [0.25, 0.3) is 0 Å². The number of hydrogen-bond donors (Lipinski definition) is 2. The summed E-state index contributed by atoms with van der Waals surface area (Å²) in [6.45, 7) is 2.10. The van der Waals surface area contributed by atoms with E-state index in [1.165, 1.54) is 40.0 Å². The summed E-state index contributed by atoms with van der Waals surface area (Å²) in [6.07, 6.45) is 0. The molecule has 0 saturated heterocycles. The minimum atomic E-state index is -2.61. The highest BCUT2D eigenvalue weighted by molar-refractivity contribution is 6.09. The van der Waals surface area contributed by atoms with E-state index in [1.54, 1.807) is 0 Å². The van der Waals surface area contributed by atoms with Crippen molar-refractivity contribution in [1.29, 1.82) is 0 Å². The second-order valence-corrected chi connectivity index (χ2v) is 5.05. The molecule has 2 N–H and O–H groups in total. The molecule has 9 nitrogen and oxygen atoms in total. The molecule has 0 bridgehead atoms. The van der Waals surface area contributed by atoms with Crippen LogP contribution in [-0.4, -0.2) is 88.6 Å². The lowest BCUT2D eigenvalue weighted by atomic mass is 9.95. The van der Waals surface area contributed by atoms with Crippen molar-refractivity contribution in [3.63, 3.8) is 0 Å². The molecule has 2 atom stereocenters. The number of carboxylic acid groups (broad SMARTS) is 1. The Bertz CT molecular complexity index is 460. The van der Waals surface area contributed by atoms with Crippen LogP contribution < -0.4 is 0 Å². The average Bonchev–Trinajstić information content (AvgIpc) is 2.41. The van der Waals surface area contributed by atoms with E-state index in [0.29, 0.717) is 0 Å². The number of carboxylic acids is 1. The number of hydrogen-bond acceptors (Lipinski definition) is 5. The molecule has 1 unspecified atom stereocenters. The van der Waals surface area contributed by atoms with Crippen molar-refractivity contribution in [2.75, 3.05) is 28.2 Å². The summed E-state index contributed by atoms with van der Waals surface area (Å²) in [7, 11) is 5.38. The lowest BCUT2D eigenvalue weighted by Crippen LogP contribution is -2.56. The monoisotopic (exact) mass is 303 g/mol. The van der Waals surface area contributed by atoms with Gasteiger partial charge < -0.3 is 20.0 Å². The van der Waals surface area contributed by atoms with Gasteiger partial charge in [-0.15, -0.1) is 0 Å². The fourth-order valence-electron chi connectivity index (χ4n) is 1.47. The van der Waals surface area contributed by atoms with Gasteiger partial charge in [0.15, 0.2) is 5.78 Å². The van der Waals surface area contributed by atoms with E-state index >= 15 is 0 Å². The van der Waals surface area contributed by atoms with Crippen LogP contribution in [0.5, 0.6) is 0 Å². The van der Waals surface area contributed by atoms with Crippen molar-refractivity contribution in [1.82, 2.24) is 14.7 Å². The highest BCUT2D eigenvalue weighted by Gasteiger charge is 2.43. The molecule has 0 aromatic carbocycles. The zero-order chi connectivity index (χ0) is 17.1. The topological polar surface area (TPSA) is 118 Å². The number of likely N-dealkylation sites (N-methyl/N-ethyl adjacent to an activating group) is 1. The summed E-state index contributed by atoms with van der Waals surface area (Å²) < 4.78 is 0. The largest absolute Gasteiger partial charge is 0.479 e. The van der Waals surface area contributed by atoms with Crippen LogP contribution in [0.4, 0.5) is 9.59 Å². The molecule has 0 aromatic heterocycles. The van der Waals surface area contributed by atoms with Crippen LogP contribution >= 0.6 is 0 Å². The van der Waals surface area contributed by atoms with E-state index in [9.17, 15) is 24.3 Å². The van der Waals surface area contributed by atoms with Crippen LogP contribution in [0.1, 0.15) is 13.8 Å². The molecule has 0 aliphatic heterocycles. The Morgan fingerprint density at radius 2 is 1.43 bits per heavy atom. The average molecular weight is 303 g/mol. The maximum atomic E-state index is 12.1. The van der Waals surface area contributed by atoms with Gasteiger partial charge in [0.05, 0.1) is 6.04 Å². The Morgan fingerprint density at radius 1 is 1.00 bits per heavy atom. The van der Waals surface area contributed by atoms with E-state index in [1.807, 2.05) is 0 Å². The number of ketones is 1. The van der Waals surface area contributed by atoms with Crippen molar-refractivity contribution in [2.45, 2.75) is 25.5 Å². The van der Waals surface area contributed by atoms with Crippen molar-refractivity contribution in [3.8, 4) is 0 Å². The number of rotatable bonds is 4. The van der Waals surface area contributed by atoms with Gasteiger partial charge in [-0.25, -0.2) is 19.3 Å². The van der Waals surface area contributed by atoms with E-state index in [4.69, 9.17) is 5.11 Å². The predicted octanol–water partition coefficient (Wildman–Crippen LogP) is -0.555. The molecule has 0 rings (SSSR count). The predicted molar refractivity (Wildman–Crippen MR) is 72.7 cm³/mol. The first kappa shape index (κ1) is 18.8. The van der Waals surface area contributed by atoms with Gasteiger partial charge in [0.25, 0.3) is 0 Å². The second-order valence-electron chi connectivity index (χ2n) is 5.05. The van der Waals surface area contributed by atoms with Crippen LogP contribution in [0, 0.1) is 0 Å². The van der Waals surface area contributed by atoms with Gasteiger partial charge in [0.2, 0.25) is 5.60 Å². The molecule has 4 amide bonds. The molecule has 0 heterocycles. The maximum absolute atomic E-state index is 12.1. The number of imide groups is 1. The second kappa shape index (κ2) is 6.53. The number of carbonyl (C=O) groups excluding carboxylic acids is 3. The summed E-state index contributed by atoms with van der Waals surface area (Å²) in [5.74, 6) is -2.77. The van der Waals surface area contributed by atoms with Crippen LogP contribution in [0.2, 0.25) is 0 Å². The summed E-state index contributed by atoms with van der Waals surface area (Å²) in [5, 5.41) is 18.4. The minimum absolute atomic E-state index is 0.600. The zero-order valence-corrected chi connectivity index (χ0v) is 12.9. The third kappa shape index (κ3) is 3.91. The third-order valence-corrected chi connectivity index (χ3v) is 3.11. The van der Waals surface area contributed by atoms with Crippen LogP contribution in [0.15, 0.2) is 0 Å². The van der Waals surface area contributed by atoms with Gasteiger partial charge in [0, 0.05) is 28.2 Å². The minimum Gasteiger partial charge on any atom is -0.479 e. The number of Topliss-reactive ketones (excluding diaryl/α,β-unsaturated/α-hetero) is 1. The molecule has 120 valence electrons. The Kier molecular flexibility index (Phi) is 5.86. The molecular formula is C12H21N3O6. The van der Waals surface area contributed by atoms with E-state index in [0.717, 1.165) is 16.7 Å². The highest BCUT2D eigenvalue weighted by atomic mass is 16.4. The Hall–Kier alpha value is -2.16. The first-order valence-corrected chi connectivity index (χ1v) is 6.07. The molecular weight excluding hydrogens is 282 g/mol. The van der Waals surface area contributed by atoms with Crippen molar-refractivity contribution < 1.29 is 29.4 Å². The first-order valence-electron chi connectivity index (χ1n) is 6.07. The van der Waals surface area contributed by atoms with Gasteiger partial charge >= 0.3 is 18.0 Å². The van der Waals surface area contributed by atoms with E-state index in [2.05, 4.69) is 0 Å². The van der Waals surface area contributed by atoms with Crippen LogP contribution in [-0.2, 0) is 9.59 Å². The molecule has 0 aliphatic carbocycles. The smallest absolute Gasteiger partial charge is 0.343 e. The zero-order valence-electron chi connectivity index (χ0n) is 12.9. The summed E-state index contributed by atoms with van der Waals surface area (Å²) in [6, 6.07) is -2.62. The quantitative estimate of drug-likeness (QED) is 0.672. The Morgan fingerprint density at radius 3 is 1.76 bits per heavy atom. The number of aliphatic carboxylic acids is 1. The third-order valence-electron chi connectivity index (χ3n) is 3.11. The summed E-state index contributed by atoms with van der Waals surface area (Å²) in [5.41, 5.74) is -2.61. The summed E-state index contributed by atoms with van der Waals surface area (Å²) >= 11 is 0. The molecule has 0 spiro atoms. The molecule has 0 radical (unpaired) electrons. The van der Waals surface area contributed by atoms with Gasteiger partial charge in [-0.3, -0.25) is 4.79 Å². The number of carbonyl (C=O) groups is 4. The van der Waals surface area contributed by atoms with Gasteiger partial charge in [-0.1, -0.05) is 0 Å². The molecule has 0 aliphatic rings. The van der Waals surface area contributed by atoms with Crippen LogP contribution in [0.3, 0.4) is 0 Å².